The van der Waals surface area contributed by atoms with Gasteiger partial charge in [0.2, 0.25) is 5.91 Å². The quantitative estimate of drug-likeness (QED) is 0.549. The van der Waals surface area contributed by atoms with Crippen LogP contribution in [0, 0.1) is 0 Å². The molecule has 1 fully saturated rings. The van der Waals surface area contributed by atoms with Crippen LogP contribution in [-0.2, 0) is 9.53 Å². The molecule has 1 saturated heterocycles. The first kappa shape index (κ1) is 12.9. The summed E-state index contributed by atoms with van der Waals surface area (Å²) in [7, 11) is 0. The normalized spacial score (nSPS) is 20.4. The van der Waals surface area contributed by atoms with Gasteiger partial charge in [-0.2, -0.15) is 0 Å². The lowest BCUT2D eigenvalue weighted by Gasteiger charge is -2.31. The highest BCUT2D eigenvalue weighted by Crippen LogP contribution is 2.18. The summed E-state index contributed by atoms with van der Waals surface area (Å²) in [6.45, 7) is 3.28. The molecule has 1 aliphatic rings. The molecule has 16 heavy (non-hydrogen) atoms. The standard InChI is InChI=1S/C12H19NO3/c1-2-3-4-5-11(14)13-10-12(15)6-8-16-9-7-12/h2-5,15H,6-10H2,1H3,(H,13,14)/b3-2+,5-4?. The van der Waals surface area contributed by atoms with Crippen LogP contribution in [0.2, 0.25) is 0 Å². The molecule has 4 heteroatoms. The van der Waals surface area contributed by atoms with Crippen molar-refractivity contribution in [2.24, 2.45) is 0 Å². The van der Waals surface area contributed by atoms with Crippen LogP contribution in [0.25, 0.3) is 0 Å². The van der Waals surface area contributed by atoms with Crippen molar-refractivity contribution in [1.29, 1.82) is 0 Å². The van der Waals surface area contributed by atoms with Gasteiger partial charge in [-0.25, -0.2) is 0 Å². The molecule has 0 atom stereocenters. The molecule has 1 heterocycles. The van der Waals surface area contributed by atoms with Gasteiger partial charge in [-0.1, -0.05) is 18.2 Å². The van der Waals surface area contributed by atoms with Gasteiger partial charge < -0.3 is 15.2 Å². The topological polar surface area (TPSA) is 58.6 Å². The number of hydrogen-bond acceptors (Lipinski definition) is 3. The Kier molecular flexibility index (Phi) is 5.22. The monoisotopic (exact) mass is 225 g/mol. The fraction of sp³-hybridized carbons (Fsp3) is 0.583. The van der Waals surface area contributed by atoms with E-state index in [-0.39, 0.29) is 12.5 Å². The highest BCUT2D eigenvalue weighted by molar-refractivity contribution is 5.87. The lowest BCUT2D eigenvalue weighted by molar-refractivity contribution is -0.119. The van der Waals surface area contributed by atoms with E-state index in [9.17, 15) is 9.90 Å². The molecule has 0 saturated carbocycles. The summed E-state index contributed by atoms with van der Waals surface area (Å²) < 4.78 is 5.16. The van der Waals surface area contributed by atoms with Crippen LogP contribution in [-0.4, -0.2) is 36.4 Å². The van der Waals surface area contributed by atoms with Crippen LogP contribution in [0.5, 0.6) is 0 Å². The molecule has 0 bridgehead atoms. The Balaban J connectivity index is 2.30. The third-order valence-electron chi connectivity index (χ3n) is 2.57. The molecule has 0 spiro atoms. The SMILES string of the molecule is C/C=C/C=CC(=O)NCC1(O)CCOCC1. The molecular formula is C12H19NO3. The molecule has 1 aliphatic heterocycles. The predicted octanol–water partition coefficient (Wildman–Crippen LogP) is 0.776. The summed E-state index contributed by atoms with van der Waals surface area (Å²) >= 11 is 0. The van der Waals surface area contributed by atoms with E-state index >= 15 is 0 Å². The Bertz CT molecular complexity index is 278. The van der Waals surface area contributed by atoms with Crippen molar-refractivity contribution < 1.29 is 14.6 Å². The average Bonchev–Trinajstić information content (AvgIpc) is 2.28. The minimum Gasteiger partial charge on any atom is -0.388 e. The van der Waals surface area contributed by atoms with Crippen LogP contribution < -0.4 is 5.32 Å². The summed E-state index contributed by atoms with van der Waals surface area (Å²) in [5.41, 5.74) is -0.803. The summed E-state index contributed by atoms with van der Waals surface area (Å²) in [6, 6.07) is 0. The Labute approximate surface area is 96.0 Å². The van der Waals surface area contributed by atoms with E-state index < -0.39 is 5.60 Å². The highest BCUT2D eigenvalue weighted by atomic mass is 16.5. The summed E-state index contributed by atoms with van der Waals surface area (Å²) in [4.78, 5) is 11.3. The van der Waals surface area contributed by atoms with E-state index in [1.165, 1.54) is 6.08 Å². The Morgan fingerprint density at radius 2 is 2.12 bits per heavy atom. The van der Waals surface area contributed by atoms with E-state index in [0.717, 1.165) is 0 Å². The molecule has 0 aromatic heterocycles. The van der Waals surface area contributed by atoms with Gasteiger partial charge in [0.1, 0.15) is 0 Å². The van der Waals surface area contributed by atoms with Crippen LogP contribution in [0.15, 0.2) is 24.3 Å². The molecule has 1 rings (SSSR count). The first-order valence-electron chi connectivity index (χ1n) is 5.54. The average molecular weight is 225 g/mol. The first-order chi connectivity index (χ1) is 7.66. The second-order valence-electron chi connectivity index (χ2n) is 3.94. The zero-order valence-corrected chi connectivity index (χ0v) is 9.61. The molecule has 4 nitrogen and oxygen atoms in total. The zero-order valence-electron chi connectivity index (χ0n) is 9.61. The van der Waals surface area contributed by atoms with Crippen LogP contribution in [0.3, 0.4) is 0 Å². The van der Waals surface area contributed by atoms with Crippen molar-refractivity contribution in [2.75, 3.05) is 19.8 Å². The van der Waals surface area contributed by atoms with Crippen LogP contribution >= 0.6 is 0 Å². The maximum absolute atomic E-state index is 11.3. The number of carbonyl (C=O) groups is 1. The van der Waals surface area contributed by atoms with E-state index in [1.807, 2.05) is 13.0 Å². The van der Waals surface area contributed by atoms with Crippen molar-refractivity contribution in [2.45, 2.75) is 25.4 Å². The van der Waals surface area contributed by atoms with Gasteiger partial charge in [0, 0.05) is 38.7 Å². The van der Waals surface area contributed by atoms with Crippen LogP contribution in [0.1, 0.15) is 19.8 Å². The zero-order chi connectivity index (χ0) is 11.9. The van der Waals surface area contributed by atoms with Gasteiger partial charge in [-0.15, -0.1) is 0 Å². The Hall–Kier alpha value is -1.13. The maximum atomic E-state index is 11.3. The van der Waals surface area contributed by atoms with Gasteiger partial charge in [-0.05, 0) is 6.92 Å². The fourth-order valence-corrected chi connectivity index (χ4v) is 1.49. The number of rotatable bonds is 4. The van der Waals surface area contributed by atoms with Gasteiger partial charge >= 0.3 is 0 Å². The molecule has 0 radical (unpaired) electrons. The smallest absolute Gasteiger partial charge is 0.244 e. The molecule has 2 N–H and O–H groups in total. The molecule has 0 aliphatic carbocycles. The lowest BCUT2D eigenvalue weighted by atomic mass is 9.94. The minimum atomic E-state index is -0.803. The lowest BCUT2D eigenvalue weighted by Crippen LogP contribution is -2.46. The Morgan fingerprint density at radius 3 is 2.75 bits per heavy atom. The third-order valence-corrected chi connectivity index (χ3v) is 2.57. The second-order valence-corrected chi connectivity index (χ2v) is 3.94. The third kappa shape index (κ3) is 4.59. The van der Waals surface area contributed by atoms with Crippen molar-refractivity contribution in [1.82, 2.24) is 5.32 Å². The largest absolute Gasteiger partial charge is 0.388 e. The number of allylic oxidation sites excluding steroid dienone is 3. The number of hydrogen-bond donors (Lipinski definition) is 2. The first-order valence-corrected chi connectivity index (χ1v) is 5.54. The van der Waals surface area contributed by atoms with Gasteiger partial charge in [0.05, 0.1) is 5.60 Å². The molecule has 0 aromatic rings. The second kappa shape index (κ2) is 6.45. The minimum absolute atomic E-state index is 0.182. The number of nitrogens with one attached hydrogen (secondary N) is 1. The van der Waals surface area contributed by atoms with Gasteiger partial charge in [0.15, 0.2) is 0 Å². The number of amides is 1. The molecule has 90 valence electrons. The van der Waals surface area contributed by atoms with E-state index in [2.05, 4.69) is 5.32 Å². The van der Waals surface area contributed by atoms with Crippen molar-refractivity contribution in [3.63, 3.8) is 0 Å². The number of ether oxygens (including phenoxy) is 1. The van der Waals surface area contributed by atoms with Crippen molar-refractivity contribution >= 4 is 5.91 Å². The highest BCUT2D eigenvalue weighted by Gasteiger charge is 2.29. The van der Waals surface area contributed by atoms with Gasteiger partial charge in [0.25, 0.3) is 0 Å². The van der Waals surface area contributed by atoms with E-state index in [4.69, 9.17) is 4.74 Å². The Morgan fingerprint density at radius 1 is 1.44 bits per heavy atom. The molecular weight excluding hydrogens is 206 g/mol. The van der Waals surface area contributed by atoms with E-state index in [0.29, 0.717) is 26.1 Å². The summed E-state index contributed by atoms with van der Waals surface area (Å²) in [6.07, 6.45) is 7.89. The van der Waals surface area contributed by atoms with Crippen molar-refractivity contribution in [3.8, 4) is 0 Å². The van der Waals surface area contributed by atoms with Crippen LogP contribution in [0.4, 0.5) is 0 Å². The van der Waals surface area contributed by atoms with E-state index in [1.54, 1.807) is 12.2 Å². The molecule has 1 amide bonds. The number of carbonyl (C=O) groups excluding carboxylic acids is 1. The molecule has 0 aromatic carbocycles. The maximum Gasteiger partial charge on any atom is 0.244 e. The summed E-state index contributed by atoms with van der Waals surface area (Å²) in [5, 5.41) is 12.7. The predicted molar refractivity (Wildman–Crippen MR) is 62.0 cm³/mol. The van der Waals surface area contributed by atoms with Gasteiger partial charge in [-0.3, -0.25) is 4.79 Å². The molecule has 0 unspecified atom stereocenters. The summed E-state index contributed by atoms with van der Waals surface area (Å²) in [5.74, 6) is -0.182. The van der Waals surface area contributed by atoms with Crippen molar-refractivity contribution in [3.05, 3.63) is 24.3 Å². The number of aliphatic hydroxyl groups is 1. The fourth-order valence-electron chi connectivity index (χ4n) is 1.49.